The molecule has 0 aliphatic carbocycles. The van der Waals surface area contributed by atoms with Gasteiger partial charge in [0.1, 0.15) is 13.2 Å². The van der Waals surface area contributed by atoms with Crippen molar-refractivity contribution < 1.29 is 32.9 Å². The average Bonchev–Trinajstić information content (AvgIpc) is 3.15. The van der Waals surface area contributed by atoms with Gasteiger partial charge < -0.3 is 28.8 Å². The van der Waals surface area contributed by atoms with E-state index in [0.717, 1.165) is 89.9 Å². The molecule has 316 valence electrons. The summed E-state index contributed by atoms with van der Waals surface area (Å²) in [6, 6.07) is -0.922. The van der Waals surface area contributed by atoms with Crippen molar-refractivity contribution in [2.75, 3.05) is 40.9 Å². The van der Waals surface area contributed by atoms with Crippen LogP contribution in [0.2, 0.25) is 0 Å². The fourth-order valence-electron chi connectivity index (χ4n) is 4.86. The van der Waals surface area contributed by atoms with E-state index in [1.54, 1.807) is 6.08 Å². The standard InChI is InChI=1S/C47H77N2O6P/c1-6-8-10-12-13-14-15-16-17-18-19-20-21-22-23-24-25-26-27-28-29-30-31-32-33-34-35-37-39-41-47(51)48-45(46(50)40-38-36-11-9-7-2)44-55-56(52,53)54-43-42-49(3,4)5/h8,10,13-14,16-17,19-20,22-23,25-26,28-29,31-32,34-35,38,40,45-46,50H,6-7,9,11-12,15,18,21,24,27,30,33,36-37,39,41-44H2,1-5H3,(H-,48,51,52,53)/b10-8-,14-13-,17-16-,20-19-,23-22-,26-25-,29-28-,32-31-,35-34-,40-38+. The molecule has 0 rings (SSSR count). The predicted molar refractivity (Wildman–Crippen MR) is 237 cm³/mol. The number of unbranched alkanes of at least 4 members (excludes halogenated alkanes) is 4. The number of amides is 1. The number of quaternary nitrogens is 1. The molecule has 0 aliphatic heterocycles. The molecule has 3 unspecified atom stereocenters. The van der Waals surface area contributed by atoms with E-state index >= 15 is 0 Å². The third kappa shape index (κ3) is 39.1. The summed E-state index contributed by atoms with van der Waals surface area (Å²) in [4.78, 5) is 25.0. The van der Waals surface area contributed by atoms with Crippen molar-refractivity contribution in [2.24, 2.45) is 0 Å². The highest BCUT2D eigenvalue weighted by Crippen LogP contribution is 2.38. The van der Waals surface area contributed by atoms with E-state index in [2.05, 4.69) is 129 Å². The molecule has 0 bridgehead atoms. The second kappa shape index (κ2) is 37.5. The number of hydrogen-bond acceptors (Lipinski definition) is 6. The Morgan fingerprint density at radius 1 is 0.643 bits per heavy atom. The number of rotatable bonds is 35. The van der Waals surface area contributed by atoms with E-state index < -0.39 is 26.6 Å². The van der Waals surface area contributed by atoms with Crippen LogP contribution in [-0.2, 0) is 18.4 Å². The third-order valence-corrected chi connectivity index (χ3v) is 9.14. The van der Waals surface area contributed by atoms with Crippen LogP contribution in [0.5, 0.6) is 0 Å². The van der Waals surface area contributed by atoms with Crippen LogP contribution in [-0.4, -0.2) is 68.5 Å². The molecule has 9 heteroatoms. The van der Waals surface area contributed by atoms with Crippen LogP contribution in [0.25, 0.3) is 0 Å². The van der Waals surface area contributed by atoms with E-state index in [-0.39, 0.29) is 18.9 Å². The van der Waals surface area contributed by atoms with Crippen molar-refractivity contribution in [3.63, 3.8) is 0 Å². The van der Waals surface area contributed by atoms with Gasteiger partial charge in [-0.25, -0.2) is 0 Å². The summed E-state index contributed by atoms with van der Waals surface area (Å²) in [5, 5.41) is 13.5. The van der Waals surface area contributed by atoms with Gasteiger partial charge in [-0.15, -0.1) is 0 Å². The zero-order valence-corrected chi connectivity index (χ0v) is 36.4. The van der Waals surface area contributed by atoms with E-state index in [1.807, 2.05) is 27.2 Å². The zero-order valence-electron chi connectivity index (χ0n) is 35.5. The van der Waals surface area contributed by atoms with Crippen molar-refractivity contribution in [3.8, 4) is 0 Å². The highest BCUT2D eigenvalue weighted by Gasteiger charge is 2.23. The van der Waals surface area contributed by atoms with Crippen LogP contribution in [0.1, 0.15) is 117 Å². The van der Waals surface area contributed by atoms with E-state index in [4.69, 9.17) is 9.05 Å². The summed E-state index contributed by atoms with van der Waals surface area (Å²) in [7, 11) is 1.19. The lowest BCUT2D eigenvalue weighted by atomic mass is 10.1. The molecule has 0 heterocycles. The monoisotopic (exact) mass is 797 g/mol. The Hall–Kier alpha value is -3.10. The summed E-state index contributed by atoms with van der Waals surface area (Å²) >= 11 is 0. The minimum Gasteiger partial charge on any atom is -0.756 e. The molecule has 0 saturated heterocycles. The Morgan fingerprint density at radius 3 is 1.50 bits per heavy atom. The number of carbonyl (C=O) groups excluding carboxylic acids is 1. The zero-order chi connectivity index (χ0) is 41.4. The Kier molecular flexibility index (Phi) is 35.4. The minimum atomic E-state index is -4.59. The number of nitrogens with one attached hydrogen (secondary N) is 1. The molecule has 8 nitrogen and oxygen atoms in total. The van der Waals surface area contributed by atoms with E-state index in [9.17, 15) is 19.4 Å². The molecule has 0 aromatic carbocycles. The lowest BCUT2D eigenvalue weighted by Crippen LogP contribution is -2.45. The van der Waals surface area contributed by atoms with Crippen molar-refractivity contribution in [3.05, 3.63) is 122 Å². The Bertz CT molecular complexity index is 1320. The van der Waals surface area contributed by atoms with Gasteiger partial charge in [-0.1, -0.05) is 148 Å². The molecule has 1 amide bonds. The first-order chi connectivity index (χ1) is 27.0. The van der Waals surface area contributed by atoms with E-state index in [0.29, 0.717) is 17.4 Å². The Balaban J connectivity index is 4.27. The highest BCUT2D eigenvalue weighted by molar-refractivity contribution is 7.45. The number of nitrogens with zero attached hydrogens (tertiary/aromatic N) is 1. The summed E-state index contributed by atoms with van der Waals surface area (Å²) in [5.41, 5.74) is 0. The van der Waals surface area contributed by atoms with Gasteiger partial charge in [-0.2, -0.15) is 0 Å². The van der Waals surface area contributed by atoms with Crippen molar-refractivity contribution in [1.29, 1.82) is 0 Å². The van der Waals surface area contributed by atoms with Gasteiger partial charge in [0.25, 0.3) is 7.82 Å². The predicted octanol–water partition coefficient (Wildman–Crippen LogP) is 10.9. The first kappa shape index (κ1) is 52.9. The summed E-state index contributed by atoms with van der Waals surface area (Å²) in [5.74, 6) is -0.271. The van der Waals surface area contributed by atoms with Crippen LogP contribution in [0, 0.1) is 0 Å². The fourth-order valence-corrected chi connectivity index (χ4v) is 5.58. The van der Waals surface area contributed by atoms with Gasteiger partial charge in [0.2, 0.25) is 5.91 Å². The molecule has 56 heavy (non-hydrogen) atoms. The van der Waals surface area contributed by atoms with Crippen LogP contribution in [0.4, 0.5) is 0 Å². The second-order valence-electron chi connectivity index (χ2n) is 14.6. The molecule has 0 spiro atoms. The quantitative estimate of drug-likeness (QED) is 0.0286. The maximum Gasteiger partial charge on any atom is 0.268 e. The first-order valence-corrected chi connectivity index (χ1v) is 22.4. The smallest absolute Gasteiger partial charge is 0.268 e. The number of allylic oxidation sites excluding steroid dienone is 19. The largest absolute Gasteiger partial charge is 0.756 e. The molecule has 0 saturated carbocycles. The fraction of sp³-hybridized carbons (Fsp3) is 0.553. The highest BCUT2D eigenvalue weighted by atomic mass is 31.2. The number of phosphoric acid groups is 1. The maximum atomic E-state index is 12.7. The second-order valence-corrected chi connectivity index (χ2v) is 16.0. The number of aliphatic hydroxyl groups is 1. The summed E-state index contributed by atoms with van der Waals surface area (Å²) in [6.45, 7) is 4.32. The normalized spacial score (nSPS) is 15.6. The van der Waals surface area contributed by atoms with Gasteiger partial charge in [0, 0.05) is 6.42 Å². The molecular weight excluding hydrogens is 719 g/mol. The van der Waals surface area contributed by atoms with Gasteiger partial charge in [-0.05, 0) is 83.5 Å². The Morgan fingerprint density at radius 2 is 1.07 bits per heavy atom. The molecule has 0 aromatic heterocycles. The van der Waals surface area contributed by atoms with Crippen molar-refractivity contribution in [2.45, 2.75) is 129 Å². The molecule has 0 aromatic rings. The third-order valence-electron chi connectivity index (χ3n) is 8.18. The average molecular weight is 797 g/mol. The van der Waals surface area contributed by atoms with Crippen LogP contribution < -0.4 is 10.2 Å². The summed E-state index contributed by atoms with van der Waals surface area (Å²) < 4.78 is 22.9. The van der Waals surface area contributed by atoms with Gasteiger partial charge >= 0.3 is 0 Å². The number of phosphoric ester groups is 1. The molecular formula is C47H77N2O6P. The molecule has 0 fully saturated rings. The number of carbonyl (C=O) groups is 1. The molecule has 0 radical (unpaired) electrons. The minimum absolute atomic E-state index is 0.0206. The maximum absolute atomic E-state index is 12.7. The van der Waals surface area contributed by atoms with Gasteiger partial charge in [0.05, 0.1) is 39.9 Å². The van der Waals surface area contributed by atoms with Crippen LogP contribution in [0.15, 0.2) is 122 Å². The SMILES string of the molecule is CC/C=C\C/C=C\C/C=C\C/C=C\C/C=C\C/C=C\C/C=C\C/C=C\C/C=C\CCCC(=O)NC(COP(=O)([O-])OCC[N+](C)(C)C)C(O)/C=C/CCCCC. The van der Waals surface area contributed by atoms with Gasteiger partial charge in [0.15, 0.2) is 0 Å². The number of likely N-dealkylation sites (N-methyl/N-ethyl adjacent to an activating group) is 1. The lowest BCUT2D eigenvalue weighted by molar-refractivity contribution is -0.870. The number of hydrogen-bond donors (Lipinski definition) is 2. The molecule has 3 atom stereocenters. The summed E-state index contributed by atoms with van der Waals surface area (Å²) in [6.07, 6.45) is 55.9. The van der Waals surface area contributed by atoms with Crippen LogP contribution >= 0.6 is 7.82 Å². The van der Waals surface area contributed by atoms with E-state index in [1.165, 1.54) is 0 Å². The van der Waals surface area contributed by atoms with Crippen molar-refractivity contribution in [1.82, 2.24) is 5.32 Å². The number of aliphatic hydroxyl groups excluding tert-OH is 1. The lowest BCUT2D eigenvalue weighted by Gasteiger charge is -2.29. The van der Waals surface area contributed by atoms with Crippen LogP contribution in [0.3, 0.4) is 0 Å². The molecule has 2 N–H and O–H groups in total. The van der Waals surface area contributed by atoms with Gasteiger partial charge in [-0.3, -0.25) is 9.36 Å². The Labute approximate surface area is 342 Å². The van der Waals surface area contributed by atoms with Crippen molar-refractivity contribution >= 4 is 13.7 Å². The topological polar surface area (TPSA) is 108 Å². The molecule has 0 aliphatic rings. The first-order valence-electron chi connectivity index (χ1n) is 20.9.